The van der Waals surface area contributed by atoms with E-state index in [9.17, 15) is 14.4 Å². The van der Waals surface area contributed by atoms with Crippen LogP contribution >= 0.6 is 11.3 Å². The highest BCUT2D eigenvalue weighted by Gasteiger charge is 2.34. The summed E-state index contributed by atoms with van der Waals surface area (Å²) in [7, 11) is 1.33. The average molecular weight is 491 g/mol. The monoisotopic (exact) mass is 490 g/mol. The number of rotatable bonds is 8. The van der Waals surface area contributed by atoms with Gasteiger partial charge in [0.1, 0.15) is 6.04 Å². The standard InChI is InChI=1S/C28H30N2O4S/c1-19-9-11-20(12-10-19)26(27(32)29-22-6-3-4-7-22)30(25(31)18-24-8-5-17-35-24)23-15-13-21(14-16-23)28(33)34-2/h5,8-17,22,26H,3-4,6-7,18H2,1-2H3,(H,29,32)/t26-/m1/s1. The first-order valence-corrected chi connectivity index (χ1v) is 12.7. The highest BCUT2D eigenvalue weighted by Crippen LogP contribution is 2.31. The van der Waals surface area contributed by atoms with Gasteiger partial charge in [-0.3, -0.25) is 14.5 Å². The van der Waals surface area contributed by atoms with Gasteiger partial charge in [0.05, 0.1) is 19.1 Å². The molecule has 3 aromatic rings. The number of anilines is 1. The SMILES string of the molecule is COC(=O)c1ccc(N(C(=O)Cc2cccs2)[C@@H](C(=O)NC2CCCC2)c2ccc(C)cc2)cc1. The van der Waals surface area contributed by atoms with Crippen LogP contribution in [0.15, 0.2) is 66.0 Å². The molecule has 182 valence electrons. The van der Waals surface area contributed by atoms with E-state index in [1.54, 1.807) is 29.2 Å². The molecule has 0 spiro atoms. The predicted octanol–water partition coefficient (Wildman–Crippen LogP) is 5.22. The molecule has 0 aliphatic heterocycles. The quantitative estimate of drug-likeness (QED) is 0.440. The van der Waals surface area contributed by atoms with Crippen LogP contribution in [-0.4, -0.2) is 30.9 Å². The van der Waals surface area contributed by atoms with Crippen molar-refractivity contribution in [2.75, 3.05) is 12.0 Å². The zero-order valence-corrected chi connectivity index (χ0v) is 20.8. The smallest absolute Gasteiger partial charge is 0.337 e. The summed E-state index contributed by atoms with van der Waals surface area (Å²) in [6, 6.07) is 17.4. The lowest BCUT2D eigenvalue weighted by atomic mass is 10.00. The molecule has 2 aromatic carbocycles. The van der Waals surface area contributed by atoms with Gasteiger partial charge >= 0.3 is 5.97 Å². The van der Waals surface area contributed by atoms with Gasteiger partial charge < -0.3 is 10.1 Å². The summed E-state index contributed by atoms with van der Waals surface area (Å²) < 4.78 is 4.81. The Labute approximate surface area is 209 Å². The summed E-state index contributed by atoms with van der Waals surface area (Å²) >= 11 is 1.51. The number of thiophene rings is 1. The fraction of sp³-hybridized carbons (Fsp3) is 0.321. The predicted molar refractivity (Wildman–Crippen MR) is 138 cm³/mol. The van der Waals surface area contributed by atoms with E-state index in [0.717, 1.165) is 41.7 Å². The maximum Gasteiger partial charge on any atom is 0.337 e. The Kier molecular flexibility index (Phi) is 7.98. The Morgan fingerprint density at radius 3 is 2.31 bits per heavy atom. The van der Waals surface area contributed by atoms with E-state index in [1.165, 1.54) is 18.4 Å². The minimum atomic E-state index is -0.840. The molecule has 0 bridgehead atoms. The van der Waals surface area contributed by atoms with Crippen LogP contribution in [0.5, 0.6) is 0 Å². The van der Waals surface area contributed by atoms with Crippen molar-refractivity contribution in [2.45, 2.75) is 51.1 Å². The minimum Gasteiger partial charge on any atom is -0.465 e. The average Bonchev–Trinajstić information content (AvgIpc) is 3.57. The van der Waals surface area contributed by atoms with Crippen LogP contribution in [0, 0.1) is 6.92 Å². The van der Waals surface area contributed by atoms with Crippen molar-refractivity contribution in [1.29, 1.82) is 0 Å². The Morgan fingerprint density at radius 1 is 1.03 bits per heavy atom. The summed E-state index contributed by atoms with van der Waals surface area (Å²) in [4.78, 5) is 42.0. The van der Waals surface area contributed by atoms with Gasteiger partial charge in [-0.2, -0.15) is 0 Å². The fourth-order valence-electron chi connectivity index (χ4n) is 4.48. The maximum atomic E-state index is 13.8. The molecule has 0 unspecified atom stereocenters. The number of nitrogens with zero attached hydrogens (tertiary/aromatic N) is 1. The first-order valence-electron chi connectivity index (χ1n) is 11.9. The summed E-state index contributed by atoms with van der Waals surface area (Å²) in [5.41, 5.74) is 2.74. The van der Waals surface area contributed by atoms with Crippen molar-refractivity contribution in [1.82, 2.24) is 5.32 Å². The molecule has 1 atom stereocenters. The number of esters is 1. The Morgan fingerprint density at radius 2 is 1.71 bits per heavy atom. The van der Waals surface area contributed by atoms with E-state index >= 15 is 0 Å². The fourth-order valence-corrected chi connectivity index (χ4v) is 5.17. The lowest BCUT2D eigenvalue weighted by Crippen LogP contribution is -2.46. The summed E-state index contributed by atoms with van der Waals surface area (Å²) in [6.45, 7) is 1.99. The Hall–Kier alpha value is -3.45. The third-order valence-electron chi connectivity index (χ3n) is 6.34. The van der Waals surface area contributed by atoms with Gasteiger partial charge in [-0.25, -0.2) is 4.79 Å². The molecule has 1 fully saturated rings. The van der Waals surface area contributed by atoms with Crippen molar-refractivity contribution in [2.24, 2.45) is 0 Å². The van der Waals surface area contributed by atoms with Crippen LogP contribution in [-0.2, 0) is 20.7 Å². The number of hydrogen-bond donors (Lipinski definition) is 1. The number of ether oxygens (including phenoxy) is 1. The molecule has 1 aromatic heterocycles. The third kappa shape index (κ3) is 5.98. The summed E-state index contributed by atoms with van der Waals surface area (Å²) in [6.07, 6.45) is 4.26. The van der Waals surface area contributed by atoms with Crippen LogP contribution in [0.1, 0.15) is 58.1 Å². The molecule has 1 heterocycles. The van der Waals surface area contributed by atoms with Crippen LogP contribution in [0.3, 0.4) is 0 Å². The Bertz CT molecular complexity index is 1150. The largest absolute Gasteiger partial charge is 0.465 e. The second-order valence-corrected chi connectivity index (χ2v) is 9.89. The molecule has 1 N–H and O–H groups in total. The van der Waals surface area contributed by atoms with Crippen LogP contribution in [0.2, 0.25) is 0 Å². The van der Waals surface area contributed by atoms with Crippen molar-refractivity contribution in [3.05, 3.63) is 87.6 Å². The topological polar surface area (TPSA) is 75.7 Å². The van der Waals surface area contributed by atoms with Gasteiger partial charge in [0.15, 0.2) is 0 Å². The van der Waals surface area contributed by atoms with E-state index in [-0.39, 0.29) is 24.3 Å². The third-order valence-corrected chi connectivity index (χ3v) is 7.22. The number of methoxy groups -OCH3 is 1. The van der Waals surface area contributed by atoms with Gasteiger partial charge in [0, 0.05) is 16.6 Å². The molecular weight excluding hydrogens is 460 g/mol. The van der Waals surface area contributed by atoms with Gasteiger partial charge in [0.25, 0.3) is 0 Å². The minimum absolute atomic E-state index is 0.117. The molecule has 0 radical (unpaired) electrons. The van der Waals surface area contributed by atoms with Crippen molar-refractivity contribution < 1.29 is 19.1 Å². The van der Waals surface area contributed by atoms with Gasteiger partial charge in [-0.15, -0.1) is 11.3 Å². The number of benzene rings is 2. The maximum absolute atomic E-state index is 13.8. The van der Waals surface area contributed by atoms with Crippen molar-refractivity contribution >= 4 is 34.8 Å². The van der Waals surface area contributed by atoms with E-state index in [2.05, 4.69) is 5.32 Å². The normalized spacial score (nSPS) is 14.3. The van der Waals surface area contributed by atoms with Crippen LogP contribution < -0.4 is 10.2 Å². The van der Waals surface area contributed by atoms with E-state index in [1.807, 2.05) is 48.7 Å². The lowest BCUT2D eigenvalue weighted by molar-refractivity contribution is -0.127. The molecule has 35 heavy (non-hydrogen) atoms. The number of hydrogen-bond acceptors (Lipinski definition) is 5. The molecule has 0 saturated heterocycles. The van der Waals surface area contributed by atoms with E-state index < -0.39 is 12.0 Å². The molecule has 1 aliphatic rings. The zero-order chi connectivity index (χ0) is 24.8. The highest BCUT2D eigenvalue weighted by molar-refractivity contribution is 7.10. The number of amides is 2. The highest BCUT2D eigenvalue weighted by atomic mass is 32.1. The number of carbonyl (C=O) groups excluding carboxylic acids is 3. The number of carbonyl (C=O) groups is 3. The lowest BCUT2D eigenvalue weighted by Gasteiger charge is -2.32. The van der Waals surface area contributed by atoms with Crippen molar-refractivity contribution in [3.63, 3.8) is 0 Å². The zero-order valence-electron chi connectivity index (χ0n) is 20.0. The van der Waals surface area contributed by atoms with Crippen LogP contribution in [0.4, 0.5) is 5.69 Å². The first-order chi connectivity index (χ1) is 17.0. The van der Waals surface area contributed by atoms with Crippen molar-refractivity contribution in [3.8, 4) is 0 Å². The summed E-state index contributed by atoms with van der Waals surface area (Å²) in [5, 5.41) is 5.12. The number of nitrogens with one attached hydrogen (secondary N) is 1. The van der Waals surface area contributed by atoms with Crippen LogP contribution in [0.25, 0.3) is 0 Å². The van der Waals surface area contributed by atoms with Gasteiger partial charge in [-0.1, -0.05) is 48.7 Å². The first kappa shape index (κ1) is 24.7. The Balaban J connectivity index is 1.75. The molecule has 4 rings (SSSR count). The van der Waals surface area contributed by atoms with E-state index in [4.69, 9.17) is 4.74 Å². The molecule has 1 saturated carbocycles. The molecule has 1 aliphatic carbocycles. The molecule has 2 amide bonds. The molecule has 7 heteroatoms. The van der Waals surface area contributed by atoms with Gasteiger partial charge in [0.2, 0.25) is 11.8 Å². The molecular formula is C28H30N2O4S. The second-order valence-electron chi connectivity index (χ2n) is 8.86. The second kappa shape index (κ2) is 11.3. The van der Waals surface area contributed by atoms with Gasteiger partial charge in [-0.05, 0) is 61.0 Å². The number of aryl methyl sites for hydroxylation is 1. The van der Waals surface area contributed by atoms with E-state index in [0.29, 0.717) is 11.3 Å². The molecule has 6 nitrogen and oxygen atoms in total. The summed E-state index contributed by atoms with van der Waals surface area (Å²) in [5.74, 6) is -0.843.